The maximum absolute atomic E-state index is 12.6. The van der Waals surface area contributed by atoms with Gasteiger partial charge in [-0.15, -0.1) is 0 Å². The molecule has 0 N–H and O–H groups in total. The topological polar surface area (TPSA) is 22.0 Å². The van der Waals surface area contributed by atoms with Gasteiger partial charge in [-0.3, -0.25) is 4.79 Å². The van der Waals surface area contributed by atoms with Gasteiger partial charge in [-0.05, 0) is 36.3 Å². The first-order valence-electron chi connectivity index (χ1n) is 7.76. The van der Waals surface area contributed by atoms with Crippen LogP contribution < -0.4 is 0 Å². The fraction of sp³-hybridized carbons (Fsp3) is 0.526. The number of Topliss-reactive ketones (excluding diaryl/α,β-unsaturated/α-hetero) is 1. The molecular weight excluding hydrogens is 258 g/mol. The second-order valence-electron chi connectivity index (χ2n) is 7.67. The zero-order chi connectivity index (χ0) is 15.8. The monoisotopic (exact) mass is 285 g/mol. The molecule has 0 aliphatic rings. The number of hydrogen-bond donors (Lipinski definition) is 0. The molecule has 0 saturated carbocycles. The molecule has 1 heterocycles. The van der Waals surface area contributed by atoms with Gasteiger partial charge in [-0.2, -0.15) is 0 Å². The molecule has 0 fully saturated rings. The van der Waals surface area contributed by atoms with E-state index in [4.69, 9.17) is 0 Å². The number of rotatable bonds is 4. The summed E-state index contributed by atoms with van der Waals surface area (Å²) in [6.07, 6.45) is 3.68. The molecule has 21 heavy (non-hydrogen) atoms. The summed E-state index contributed by atoms with van der Waals surface area (Å²) in [5.74, 6) is 0.680. The van der Waals surface area contributed by atoms with E-state index in [9.17, 15) is 4.79 Å². The summed E-state index contributed by atoms with van der Waals surface area (Å²) < 4.78 is 2.06. The van der Waals surface area contributed by atoms with Crippen LogP contribution in [-0.4, -0.2) is 10.4 Å². The quantitative estimate of drug-likeness (QED) is 0.714. The van der Waals surface area contributed by atoms with Crippen molar-refractivity contribution in [2.75, 3.05) is 0 Å². The Kier molecular flexibility index (Phi) is 4.27. The molecule has 2 nitrogen and oxygen atoms in total. The van der Waals surface area contributed by atoms with E-state index in [0.29, 0.717) is 12.3 Å². The molecule has 2 aromatic rings. The Labute approximate surface area is 128 Å². The summed E-state index contributed by atoms with van der Waals surface area (Å²) in [5.41, 5.74) is 3.51. The fourth-order valence-corrected chi connectivity index (χ4v) is 3.26. The minimum absolute atomic E-state index is 0.265. The Balaban J connectivity index is 2.24. The number of nitrogens with zero attached hydrogens (tertiary/aromatic N) is 1. The minimum Gasteiger partial charge on any atom is -0.350 e. The number of benzene rings is 1. The first-order valence-corrected chi connectivity index (χ1v) is 7.76. The molecule has 1 atom stereocenters. The molecule has 0 saturated heterocycles. The molecule has 0 radical (unpaired) electrons. The SMILES string of the molecule is Cc1ccc2c(C(=O)CC(C)CC(C)(C)C)cn(C)c2c1. The van der Waals surface area contributed by atoms with E-state index in [1.54, 1.807) is 0 Å². The molecular formula is C19H27NO. The summed E-state index contributed by atoms with van der Waals surface area (Å²) in [6, 6.07) is 6.30. The summed E-state index contributed by atoms with van der Waals surface area (Å²) >= 11 is 0. The Morgan fingerprint density at radius 2 is 1.95 bits per heavy atom. The molecule has 1 unspecified atom stereocenters. The first-order chi connectivity index (χ1) is 9.67. The van der Waals surface area contributed by atoms with Crippen molar-refractivity contribution in [1.29, 1.82) is 0 Å². The molecule has 0 spiro atoms. The smallest absolute Gasteiger partial charge is 0.165 e. The number of aryl methyl sites for hydroxylation is 2. The van der Waals surface area contributed by atoms with E-state index >= 15 is 0 Å². The van der Waals surface area contributed by atoms with Crippen molar-refractivity contribution < 1.29 is 4.79 Å². The summed E-state index contributed by atoms with van der Waals surface area (Å²) in [5, 5.41) is 1.08. The molecule has 0 aliphatic heterocycles. The fourth-order valence-electron chi connectivity index (χ4n) is 3.26. The lowest BCUT2D eigenvalue weighted by Crippen LogP contribution is -2.14. The average Bonchev–Trinajstić information content (AvgIpc) is 2.64. The third-order valence-electron chi connectivity index (χ3n) is 3.94. The van der Waals surface area contributed by atoms with Gasteiger partial charge in [0.05, 0.1) is 0 Å². The summed E-state index contributed by atoms with van der Waals surface area (Å²) in [4.78, 5) is 12.6. The van der Waals surface area contributed by atoms with Gasteiger partial charge in [0.25, 0.3) is 0 Å². The van der Waals surface area contributed by atoms with Crippen LogP contribution in [0.3, 0.4) is 0 Å². The van der Waals surface area contributed by atoms with E-state index in [1.807, 2.05) is 13.2 Å². The second-order valence-corrected chi connectivity index (χ2v) is 7.67. The zero-order valence-corrected chi connectivity index (χ0v) is 14.2. The second kappa shape index (κ2) is 5.67. The number of fused-ring (bicyclic) bond motifs is 1. The van der Waals surface area contributed by atoms with Gasteiger partial charge in [0.2, 0.25) is 0 Å². The van der Waals surface area contributed by atoms with Crippen molar-refractivity contribution >= 4 is 16.7 Å². The lowest BCUT2D eigenvalue weighted by atomic mass is 9.83. The number of hydrogen-bond acceptors (Lipinski definition) is 1. The largest absolute Gasteiger partial charge is 0.350 e. The number of aromatic nitrogens is 1. The number of ketones is 1. The highest BCUT2D eigenvalue weighted by Gasteiger charge is 2.20. The Morgan fingerprint density at radius 1 is 1.29 bits per heavy atom. The van der Waals surface area contributed by atoms with Gasteiger partial charge in [-0.25, -0.2) is 0 Å². The van der Waals surface area contributed by atoms with Gasteiger partial charge < -0.3 is 4.57 Å². The van der Waals surface area contributed by atoms with Crippen LogP contribution in [0, 0.1) is 18.3 Å². The van der Waals surface area contributed by atoms with E-state index in [-0.39, 0.29) is 11.2 Å². The van der Waals surface area contributed by atoms with Crippen LogP contribution in [0.15, 0.2) is 24.4 Å². The lowest BCUT2D eigenvalue weighted by Gasteiger charge is -2.22. The van der Waals surface area contributed by atoms with Crippen molar-refractivity contribution in [3.05, 3.63) is 35.5 Å². The molecule has 2 rings (SSSR count). The molecule has 2 heteroatoms. The van der Waals surface area contributed by atoms with E-state index < -0.39 is 0 Å². The van der Waals surface area contributed by atoms with Crippen LogP contribution in [0.4, 0.5) is 0 Å². The minimum atomic E-state index is 0.265. The van der Waals surface area contributed by atoms with E-state index in [2.05, 4.69) is 57.4 Å². The number of carbonyl (C=O) groups is 1. The lowest BCUT2D eigenvalue weighted by molar-refractivity contribution is 0.0956. The Morgan fingerprint density at radius 3 is 2.57 bits per heavy atom. The molecule has 114 valence electrons. The third-order valence-corrected chi connectivity index (χ3v) is 3.94. The van der Waals surface area contributed by atoms with Crippen LogP contribution in [0.2, 0.25) is 0 Å². The highest BCUT2D eigenvalue weighted by atomic mass is 16.1. The molecule has 0 bridgehead atoms. The molecule has 0 amide bonds. The molecule has 1 aromatic heterocycles. The zero-order valence-electron chi connectivity index (χ0n) is 14.2. The van der Waals surface area contributed by atoms with Gasteiger partial charge >= 0.3 is 0 Å². The third kappa shape index (κ3) is 3.75. The maximum atomic E-state index is 12.6. The van der Waals surface area contributed by atoms with Crippen molar-refractivity contribution in [2.24, 2.45) is 18.4 Å². The molecule has 1 aromatic carbocycles. The predicted octanol–water partition coefficient (Wildman–Crippen LogP) is 5.13. The highest BCUT2D eigenvalue weighted by Crippen LogP contribution is 2.29. The molecule has 0 aliphatic carbocycles. The van der Waals surface area contributed by atoms with Gasteiger partial charge in [-0.1, -0.05) is 39.8 Å². The van der Waals surface area contributed by atoms with Gasteiger partial charge in [0.15, 0.2) is 5.78 Å². The van der Waals surface area contributed by atoms with Crippen molar-refractivity contribution in [2.45, 2.75) is 47.5 Å². The van der Waals surface area contributed by atoms with Crippen LogP contribution in [0.1, 0.15) is 56.5 Å². The highest BCUT2D eigenvalue weighted by molar-refractivity contribution is 6.08. The van der Waals surface area contributed by atoms with E-state index in [1.165, 1.54) is 5.56 Å². The summed E-state index contributed by atoms with van der Waals surface area (Å²) in [6.45, 7) is 11.0. The van der Waals surface area contributed by atoms with Crippen molar-refractivity contribution in [3.63, 3.8) is 0 Å². The average molecular weight is 285 g/mol. The summed E-state index contributed by atoms with van der Waals surface area (Å²) in [7, 11) is 2.01. The maximum Gasteiger partial charge on any atom is 0.165 e. The Hall–Kier alpha value is -1.57. The normalized spacial score (nSPS) is 13.6. The van der Waals surface area contributed by atoms with Crippen molar-refractivity contribution in [1.82, 2.24) is 4.57 Å². The predicted molar refractivity (Wildman–Crippen MR) is 89.8 cm³/mol. The van der Waals surface area contributed by atoms with Crippen LogP contribution >= 0.6 is 0 Å². The van der Waals surface area contributed by atoms with Crippen molar-refractivity contribution in [3.8, 4) is 0 Å². The van der Waals surface area contributed by atoms with Crippen LogP contribution in [0.25, 0.3) is 10.9 Å². The van der Waals surface area contributed by atoms with Crippen LogP contribution in [-0.2, 0) is 7.05 Å². The van der Waals surface area contributed by atoms with E-state index in [0.717, 1.165) is 22.9 Å². The van der Waals surface area contributed by atoms with Crippen LogP contribution in [0.5, 0.6) is 0 Å². The van der Waals surface area contributed by atoms with Gasteiger partial charge in [0.1, 0.15) is 0 Å². The first kappa shape index (κ1) is 15.8. The Bertz CT molecular complexity index is 658. The standard InChI is InChI=1S/C19H27NO/c1-13-7-8-15-16(12-20(6)17(15)9-13)18(21)10-14(2)11-19(3,4)5/h7-9,12,14H,10-11H2,1-6H3. The van der Waals surface area contributed by atoms with Gasteiger partial charge in [0, 0.05) is 36.1 Å². The number of carbonyl (C=O) groups excluding carboxylic acids is 1.